The zero-order valence-electron chi connectivity index (χ0n) is 12.0. The number of thiazole rings is 1. The first-order valence-corrected chi connectivity index (χ1v) is 7.74. The summed E-state index contributed by atoms with van der Waals surface area (Å²) in [5.41, 5.74) is 0. The summed E-state index contributed by atoms with van der Waals surface area (Å²) < 4.78 is 0. The largest absolute Gasteiger partial charge is 0.395 e. The SMILES string of the molecule is C[C@@H]1[C@H](N(C)CCO)CCN1CC(=O)Nc1nccs1. The molecule has 0 aromatic carbocycles. The number of amides is 1. The van der Waals surface area contributed by atoms with Crippen molar-refractivity contribution in [1.82, 2.24) is 14.8 Å². The molecule has 2 heterocycles. The van der Waals surface area contributed by atoms with Gasteiger partial charge in [0.05, 0.1) is 13.2 Å². The molecule has 112 valence electrons. The summed E-state index contributed by atoms with van der Waals surface area (Å²) in [6.07, 6.45) is 2.71. The summed E-state index contributed by atoms with van der Waals surface area (Å²) in [6, 6.07) is 0.711. The maximum Gasteiger partial charge on any atom is 0.240 e. The van der Waals surface area contributed by atoms with E-state index in [2.05, 4.69) is 27.0 Å². The van der Waals surface area contributed by atoms with Gasteiger partial charge in [-0.3, -0.25) is 14.6 Å². The van der Waals surface area contributed by atoms with Crippen molar-refractivity contribution in [2.75, 3.05) is 38.6 Å². The van der Waals surface area contributed by atoms with E-state index in [0.717, 1.165) is 13.0 Å². The van der Waals surface area contributed by atoms with Crippen molar-refractivity contribution >= 4 is 22.4 Å². The molecule has 1 aliphatic heterocycles. The van der Waals surface area contributed by atoms with Gasteiger partial charge in [-0.05, 0) is 20.4 Å². The van der Waals surface area contributed by atoms with Crippen LogP contribution in [-0.2, 0) is 4.79 Å². The zero-order chi connectivity index (χ0) is 14.5. The molecule has 2 atom stereocenters. The predicted octanol–water partition coefficient (Wildman–Crippen LogP) is 0.468. The number of nitrogens with one attached hydrogen (secondary N) is 1. The maximum atomic E-state index is 12.0. The van der Waals surface area contributed by atoms with Crippen LogP contribution < -0.4 is 5.32 Å². The van der Waals surface area contributed by atoms with Crippen molar-refractivity contribution < 1.29 is 9.90 Å². The van der Waals surface area contributed by atoms with E-state index >= 15 is 0 Å². The van der Waals surface area contributed by atoms with Crippen molar-refractivity contribution in [1.29, 1.82) is 0 Å². The lowest BCUT2D eigenvalue weighted by Gasteiger charge is -2.30. The van der Waals surface area contributed by atoms with Gasteiger partial charge in [0.2, 0.25) is 5.91 Å². The third-order valence-electron chi connectivity index (χ3n) is 3.89. The molecule has 2 rings (SSSR count). The van der Waals surface area contributed by atoms with E-state index in [0.29, 0.717) is 30.3 Å². The van der Waals surface area contributed by atoms with Crippen molar-refractivity contribution in [3.05, 3.63) is 11.6 Å². The fourth-order valence-corrected chi connectivity index (χ4v) is 3.30. The molecule has 1 aromatic heterocycles. The number of carbonyl (C=O) groups is 1. The van der Waals surface area contributed by atoms with Crippen molar-refractivity contribution in [2.45, 2.75) is 25.4 Å². The van der Waals surface area contributed by atoms with Gasteiger partial charge < -0.3 is 10.4 Å². The molecule has 1 aromatic rings. The minimum atomic E-state index is -0.0164. The molecule has 20 heavy (non-hydrogen) atoms. The maximum absolute atomic E-state index is 12.0. The van der Waals surface area contributed by atoms with Crippen molar-refractivity contribution in [2.24, 2.45) is 0 Å². The first-order valence-electron chi connectivity index (χ1n) is 6.86. The lowest BCUT2D eigenvalue weighted by molar-refractivity contribution is -0.117. The molecule has 7 heteroatoms. The van der Waals surface area contributed by atoms with Gasteiger partial charge in [-0.25, -0.2) is 4.98 Å². The highest BCUT2D eigenvalue weighted by atomic mass is 32.1. The van der Waals surface area contributed by atoms with Gasteiger partial charge in [-0.15, -0.1) is 11.3 Å². The monoisotopic (exact) mass is 298 g/mol. The molecule has 1 fully saturated rings. The van der Waals surface area contributed by atoms with E-state index < -0.39 is 0 Å². The average molecular weight is 298 g/mol. The second-order valence-electron chi connectivity index (χ2n) is 5.16. The number of aromatic nitrogens is 1. The van der Waals surface area contributed by atoms with Crippen molar-refractivity contribution in [3.63, 3.8) is 0 Å². The molecule has 0 aliphatic carbocycles. The number of rotatable bonds is 6. The summed E-state index contributed by atoms with van der Waals surface area (Å²) >= 11 is 1.42. The first-order chi connectivity index (χ1) is 9.61. The van der Waals surface area contributed by atoms with E-state index in [-0.39, 0.29) is 12.5 Å². The Kier molecular flexibility index (Phi) is 5.47. The number of likely N-dealkylation sites (N-methyl/N-ethyl adjacent to an activating group) is 1. The van der Waals surface area contributed by atoms with Gasteiger partial charge >= 0.3 is 0 Å². The van der Waals surface area contributed by atoms with Crippen LogP contribution in [-0.4, -0.2) is 71.2 Å². The van der Waals surface area contributed by atoms with Gasteiger partial charge in [0, 0.05) is 36.8 Å². The molecule has 0 saturated carbocycles. The molecule has 1 aliphatic rings. The Morgan fingerprint density at radius 3 is 3.15 bits per heavy atom. The molecule has 0 radical (unpaired) electrons. The Morgan fingerprint density at radius 1 is 1.70 bits per heavy atom. The van der Waals surface area contributed by atoms with Crippen LogP contribution in [0.4, 0.5) is 5.13 Å². The van der Waals surface area contributed by atoms with E-state index in [1.165, 1.54) is 11.3 Å². The molecule has 0 unspecified atom stereocenters. The van der Waals surface area contributed by atoms with Crippen LogP contribution >= 0.6 is 11.3 Å². The first kappa shape index (κ1) is 15.4. The van der Waals surface area contributed by atoms with Gasteiger partial charge in [-0.2, -0.15) is 0 Å². The molecular formula is C13H22N4O2S. The second-order valence-corrected chi connectivity index (χ2v) is 6.05. The fourth-order valence-electron chi connectivity index (χ4n) is 2.75. The smallest absolute Gasteiger partial charge is 0.240 e. The van der Waals surface area contributed by atoms with Gasteiger partial charge in [0.25, 0.3) is 0 Å². The Balaban J connectivity index is 1.83. The summed E-state index contributed by atoms with van der Waals surface area (Å²) in [4.78, 5) is 20.4. The van der Waals surface area contributed by atoms with Crippen LogP contribution in [0.1, 0.15) is 13.3 Å². The third kappa shape index (κ3) is 3.76. The number of aliphatic hydroxyl groups excluding tert-OH is 1. The molecule has 2 N–H and O–H groups in total. The molecule has 1 saturated heterocycles. The van der Waals surface area contributed by atoms with E-state index in [1.54, 1.807) is 6.20 Å². The Hall–Kier alpha value is -1.02. The summed E-state index contributed by atoms with van der Waals surface area (Å²) in [5.74, 6) is -0.0164. The van der Waals surface area contributed by atoms with E-state index in [9.17, 15) is 4.79 Å². The Morgan fingerprint density at radius 2 is 2.50 bits per heavy atom. The molecule has 0 spiro atoms. The van der Waals surface area contributed by atoms with Crippen LogP contribution in [0.5, 0.6) is 0 Å². The summed E-state index contributed by atoms with van der Waals surface area (Å²) in [5, 5.41) is 14.3. The molecule has 1 amide bonds. The van der Waals surface area contributed by atoms with Crippen LogP contribution in [0.15, 0.2) is 11.6 Å². The number of anilines is 1. The minimum absolute atomic E-state index is 0.0164. The lowest BCUT2D eigenvalue weighted by atomic mass is 10.1. The Labute approximate surface area is 123 Å². The van der Waals surface area contributed by atoms with Crippen LogP contribution in [0.25, 0.3) is 0 Å². The number of nitrogens with zero attached hydrogens (tertiary/aromatic N) is 3. The minimum Gasteiger partial charge on any atom is -0.395 e. The number of carbonyl (C=O) groups excluding carboxylic acids is 1. The quantitative estimate of drug-likeness (QED) is 0.799. The topological polar surface area (TPSA) is 68.7 Å². The van der Waals surface area contributed by atoms with Crippen molar-refractivity contribution in [3.8, 4) is 0 Å². The fraction of sp³-hybridized carbons (Fsp3) is 0.692. The highest BCUT2D eigenvalue weighted by molar-refractivity contribution is 7.13. The van der Waals surface area contributed by atoms with Crippen LogP contribution in [0.3, 0.4) is 0 Å². The van der Waals surface area contributed by atoms with Crippen LogP contribution in [0, 0.1) is 0 Å². The number of likely N-dealkylation sites (tertiary alicyclic amines) is 1. The summed E-state index contributed by atoms with van der Waals surface area (Å²) in [6.45, 7) is 4.29. The Bertz CT molecular complexity index is 426. The average Bonchev–Trinajstić information content (AvgIpc) is 3.01. The lowest BCUT2D eigenvalue weighted by Crippen LogP contribution is -2.44. The highest BCUT2D eigenvalue weighted by Crippen LogP contribution is 2.21. The summed E-state index contributed by atoms with van der Waals surface area (Å²) in [7, 11) is 2.02. The zero-order valence-corrected chi connectivity index (χ0v) is 12.8. The molecule has 0 bridgehead atoms. The van der Waals surface area contributed by atoms with Gasteiger partial charge in [0.1, 0.15) is 0 Å². The molecular weight excluding hydrogens is 276 g/mol. The number of aliphatic hydroxyl groups is 1. The van der Waals surface area contributed by atoms with E-state index in [4.69, 9.17) is 5.11 Å². The highest BCUT2D eigenvalue weighted by Gasteiger charge is 2.33. The predicted molar refractivity (Wildman–Crippen MR) is 79.9 cm³/mol. The molecule has 6 nitrogen and oxygen atoms in total. The standard InChI is InChI=1S/C13H22N4O2S/c1-10-11(16(2)6-7-18)3-5-17(10)9-12(19)15-13-14-4-8-20-13/h4,8,10-11,18H,3,5-7,9H2,1-2H3,(H,14,15,19)/t10-,11-/m1/s1. The third-order valence-corrected chi connectivity index (χ3v) is 4.58. The van der Waals surface area contributed by atoms with E-state index in [1.807, 2.05) is 12.4 Å². The number of hydrogen-bond acceptors (Lipinski definition) is 6. The van der Waals surface area contributed by atoms with Crippen LogP contribution in [0.2, 0.25) is 0 Å². The second kappa shape index (κ2) is 7.12. The normalized spacial score (nSPS) is 23.4. The van der Waals surface area contributed by atoms with Gasteiger partial charge in [-0.1, -0.05) is 0 Å². The number of hydrogen-bond donors (Lipinski definition) is 2. The van der Waals surface area contributed by atoms with Gasteiger partial charge in [0.15, 0.2) is 5.13 Å².